The van der Waals surface area contributed by atoms with Gasteiger partial charge in [-0.15, -0.1) is 15.3 Å². The largest absolute Gasteiger partial charge is 0.341 e. The molecular formula is C18H23ClN8S. The van der Waals surface area contributed by atoms with Gasteiger partial charge in [0.05, 0.1) is 16.5 Å². The Balaban J connectivity index is 1.62. The maximum atomic E-state index is 6.51. The number of hydrogen-bond acceptors (Lipinski definition) is 7. The number of benzene rings is 1. The molecule has 0 saturated carbocycles. The number of rotatable bonds is 8. The minimum atomic E-state index is 0.624. The van der Waals surface area contributed by atoms with E-state index in [9.17, 15) is 0 Å². The van der Waals surface area contributed by atoms with Gasteiger partial charge >= 0.3 is 0 Å². The zero-order valence-corrected chi connectivity index (χ0v) is 17.4. The first-order valence-corrected chi connectivity index (χ1v) is 11.0. The zero-order chi connectivity index (χ0) is 19.3. The SMILES string of the molecule is CCCCn1nnnc1CSc1nnc(N2CCCC2)n1-c1ccccc1Cl. The molecule has 0 unspecified atom stereocenters. The van der Waals surface area contributed by atoms with Crippen LogP contribution >= 0.6 is 23.4 Å². The van der Waals surface area contributed by atoms with Crippen LogP contribution in [-0.4, -0.2) is 48.1 Å². The smallest absolute Gasteiger partial charge is 0.232 e. The van der Waals surface area contributed by atoms with Gasteiger partial charge in [0, 0.05) is 19.6 Å². The lowest BCUT2D eigenvalue weighted by Crippen LogP contribution is -2.22. The number of halogens is 1. The van der Waals surface area contributed by atoms with Crippen molar-refractivity contribution in [2.24, 2.45) is 0 Å². The summed E-state index contributed by atoms with van der Waals surface area (Å²) in [6, 6.07) is 7.81. The third-order valence-corrected chi connectivity index (χ3v) is 6.00. The molecule has 0 bridgehead atoms. The van der Waals surface area contributed by atoms with Crippen LogP contribution in [0.2, 0.25) is 5.02 Å². The third kappa shape index (κ3) is 4.00. The highest BCUT2D eigenvalue weighted by Gasteiger charge is 2.24. The number of anilines is 1. The first-order chi connectivity index (χ1) is 13.8. The van der Waals surface area contributed by atoms with E-state index in [2.05, 4.69) is 42.1 Å². The van der Waals surface area contributed by atoms with Crippen LogP contribution in [0.5, 0.6) is 0 Å². The molecule has 10 heteroatoms. The normalized spacial score (nSPS) is 14.1. The summed E-state index contributed by atoms with van der Waals surface area (Å²) < 4.78 is 3.92. The van der Waals surface area contributed by atoms with Crippen molar-refractivity contribution in [3.8, 4) is 5.69 Å². The first kappa shape index (κ1) is 19.2. The van der Waals surface area contributed by atoms with Gasteiger partial charge in [-0.2, -0.15) is 0 Å². The van der Waals surface area contributed by atoms with Crippen LogP contribution in [0.25, 0.3) is 5.69 Å². The fraction of sp³-hybridized carbons (Fsp3) is 0.500. The molecule has 4 rings (SSSR count). The molecule has 0 amide bonds. The van der Waals surface area contributed by atoms with Gasteiger partial charge in [-0.1, -0.05) is 48.8 Å². The van der Waals surface area contributed by atoms with Crippen molar-refractivity contribution in [2.75, 3.05) is 18.0 Å². The van der Waals surface area contributed by atoms with E-state index in [1.54, 1.807) is 11.8 Å². The Morgan fingerprint density at radius 3 is 2.71 bits per heavy atom. The van der Waals surface area contributed by atoms with Crippen LogP contribution in [0.4, 0.5) is 5.95 Å². The molecule has 1 aromatic carbocycles. The van der Waals surface area contributed by atoms with Crippen molar-refractivity contribution in [3.05, 3.63) is 35.1 Å². The van der Waals surface area contributed by atoms with Gasteiger partial charge in [0.25, 0.3) is 0 Å². The average molecular weight is 419 g/mol. The molecule has 1 fully saturated rings. The summed E-state index contributed by atoms with van der Waals surface area (Å²) in [5.74, 6) is 2.31. The third-order valence-electron chi connectivity index (χ3n) is 4.76. The maximum Gasteiger partial charge on any atom is 0.232 e. The number of para-hydroxylation sites is 1. The molecule has 28 heavy (non-hydrogen) atoms. The molecule has 3 heterocycles. The Bertz CT molecular complexity index is 918. The number of nitrogens with zero attached hydrogens (tertiary/aromatic N) is 8. The fourth-order valence-electron chi connectivity index (χ4n) is 3.26. The van der Waals surface area contributed by atoms with Gasteiger partial charge in [0.2, 0.25) is 5.95 Å². The van der Waals surface area contributed by atoms with Crippen LogP contribution in [0.3, 0.4) is 0 Å². The van der Waals surface area contributed by atoms with E-state index in [0.29, 0.717) is 10.8 Å². The molecule has 8 nitrogen and oxygen atoms in total. The van der Waals surface area contributed by atoms with Gasteiger partial charge in [-0.25, -0.2) is 4.68 Å². The van der Waals surface area contributed by atoms with Gasteiger partial charge in [-0.3, -0.25) is 4.57 Å². The summed E-state index contributed by atoms with van der Waals surface area (Å²) in [5, 5.41) is 22.5. The van der Waals surface area contributed by atoms with Gasteiger partial charge < -0.3 is 4.90 Å². The van der Waals surface area contributed by atoms with E-state index in [1.807, 2.05) is 28.9 Å². The highest BCUT2D eigenvalue weighted by atomic mass is 35.5. The van der Waals surface area contributed by atoms with E-state index in [-0.39, 0.29) is 0 Å². The van der Waals surface area contributed by atoms with Crippen LogP contribution in [-0.2, 0) is 12.3 Å². The maximum absolute atomic E-state index is 6.51. The van der Waals surface area contributed by atoms with E-state index >= 15 is 0 Å². The number of aryl methyl sites for hydroxylation is 1. The number of hydrogen-bond donors (Lipinski definition) is 0. The molecule has 0 radical (unpaired) electrons. The molecule has 0 atom stereocenters. The van der Waals surface area contributed by atoms with Gasteiger partial charge in [0.15, 0.2) is 11.0 Å². The van der Waals surface area contributed by atoms with Crippen molar-refractivity contribution in [3.63, 3.8) is 0 Å². The van der Waals surface area contributed by atoms with E-state index < -0.39 is 0 Å². The second-order valence-electron chi connectivity index (χ2n) is 6.72. The second kappa shape index (κ2) is 8.91. The summed E-state index contributed by atoms with van der Waals surface area (Å²) >= 11 is 8.08. The van der Waals surface area contributed by atoms with Crippen molar-refractivity contribution >= 4 is 29.3 Å². The molecule has 2 aromatic heterocycles. The summed E-state index contributed by atoms with van der Waals surface area (Å²) in [5.41, 5.74) is 0.893. The number of unbranched alkanes of at least 4 members (excludes halogenated alkanes) is 1. The molecular weight excluding hydrogens is 396 g/mol. The lowest BCUT2D eigenvalue weighted by atomic mass is 10.3. The Kier molecular flexibility index (Phi) is 6.11. The fourth-order valence-corrected chi connectivity index (χ4v) is 4.35. The molecule has 0 aliphatic carbocycles. The summed E-state index contributed by atoms with van der Waals surface area (Å²) in [7, 11) is 0. The highest BCUT2D eigenvalue weighted by molar-refractivity contribution is 7.98. The molecule has 3 aromatic rings. The highest BCUT2D eigenvalue weighted by Crippen LogP contribution is 2.32. The van der Waals surface area contributed by atoms with E-state index in [4.69, 9.17) is 11.6 Å². The Morgan fingerprint density at radius 1 is 1.11 bits per heavy atom. The topological polar surface area (TPSA) is 77.5 Å². The molecule has 0 spiro atoms. The van der Waals surface area contributed by atoms with Crippen LogP contribution < -0.4 is 4.90 Å². The predicted octanol–water partition coefficient (Wildman–Crippen LogP) is 3.60. The van der Waals surface area contributed by atoms with Crippen molar-refractivity contribution in [2.45, 2.75) is 50.1 Å². The summed E-state index contributed by atoms with van der Waals surface area (Å²) in [6.07, 6.45) is 4.50. The average Bonchev–Trinajstić information content (AvgIpc) is 3.45. The van der Waals surface area contributed by atoms with E-state index in [1.165, 1.54) is 12.8 Å². The second-order valence-corrected chi connectivity index (χ2v) is 8.07. The first-order valence-electron chi connectivity index (χ1n) is 9.61. The minimum absolute atomic E-state index is 0.624. The lowest BCUT2D eigenvalue weighted by molar-refractivity contribution is 0.540. The van der Waals surface area contributed by atoms with Crippen molar-refractivity contribution < 1.29 is 0 Å². The minimum Gasteiger partial charge on any atom is -0.341 e. The standard InChI is InChI=1S/C18H23ClN8S/c1-2-3-12-26-16(20-23-24-26)13-28-18-22-21-17(25-10-6-7-11-25)27(18)15-9-5-4-8-14(15)19/h4-5,8-9H,2-3,6-7,10-13H2,1H3. The molecule has 0 N–H and O–H groups in total. The van der Waals surface area contributed by atoms with E-state index in [0.717, 1.165) is 55.1 Å². The zero-order valence-electron chi connectivity index (χ0n) is 15.8. The van der Waals surface area contributed by atoms with Gasteiger partial charge in [0.1, 0.15) is 0 Å². The number of thioether (sulfide) groups is 1. The van der Waals surface area contributed by atoms with Crippen LogP contribution in [0.15, 0.2) is 29.4 Å². The quantitative estimate of drug-likeness (QED) is 0.517. The number of aromatic nitrogens is 7. The molecule has 148 valence electrons. The predicted molar refractivity (Wildman–Crippen MR) is 110 cm³/mol. The Morgan fingerprint density at radius 2 is 1.93 bits per heavy atom. The summed E-state index contributed by atoms with van der Waals surface area (Å²) in [6.45, 7) is 4.96. The Hall–Kier alpha value is -2.13. The number of tetrazole rings is 1. The Labute approximate surface area is 173 Å². The molecule has 1 saturated heterocycles. The van der Waals surface area contributed by atoms with Crippen molar-refractivity contribution in [1.29, 1.82) is 0 Å². The summed E-state index contributed by atoms with van der Waals surface area (Å²) in [4.78, 5) is 2.27. The van der Waals surface area contributed by atoms with Crippen LogP contribution in [0, 0.1) is 0 Å². The van der Waals surface area contributed by atoms with Crippen LogP contribution in [0.1, 0.15) is 38.4 Å². The molecule has 1 aliphatic rings. The monoisotopic (exact) mass is 418 g/mol. The molecule has 1 aliphatic heterocycles. The van der Waals surface area contributed by atoms with Crippen molar-refractivity contribution in [1.82, 2.24) is 35.0 Å². The lowest BCUT2D eigenvalue weighted by Gasteiger charge is -2.19. The van der Waals surface area contributed by atoms with Gasteiger partial charge in [-0.05, 0) is 41.8 Å².